The molecule has 0 radical (unpaired) electrons. The van der Waals surface area contributed by atoms with Gasteiger partial charge < -0.3 is 19.5 Å². The third-order valence-electron chi connectivity index (χ3n) is 6.23. The SMILES string of the molecule is Cc1cc(C)c2c(c1)cc(C(=O)O)n2CC(=O)N1CCN(c2c(C)cccc2C)CC1. The molecule has 1 saturated heterocycles. The molecule has 0 spiro atoms. The van der Waals surface area contributed by atoms with Crippen molar-refractivity contribution >= 4 is 28.5 Å². The molecule has 1 amide bonds. The summed E-state index contributed by atoms with van der Waals surface area (Å²) in [6.45, 7) is 11.0. The number of anilines is 1. The van der Waals surface area contributed by atoms with Gasteiger partial charge in [-0.05, 0) is 56.5 Å². The third-order valence-corrected chi connectivity index (χ3v) is 6.23. The van der Waals surface area contributed by atoms with Crippen LogP contribution >= 0.6 is 0 Å². The standard InChI is InChI=1S/C25H29N3O3/c1-16-12-19(4)24-20(13-16)14-21(25(30)31)28(24)15-22(29)26-8-10-27(11-9-26)23-17(2)6-5-7-18(23)3/h5-7,12-14H,8-11,15H2,1-4H3,(H,30,31). The molecule has 6 heteroatoms. The smallest absolute Gasteiger partial charge is 0.352 e. The van der Waals surface area contributed by atoms with E-state index in [1.165, 1.54) is 16.8 Å². The normalized spacial score (nSPS) is 14.3. The van der Waals surface area contributed by atoms with Crippen LogP contribution in [0, 0.1) is 27.7 Å². The minimum atomic E-state index is -1.01. The third kappa shape index (κ3) is 3.90. The first kappa shape index (κ1) is 21.0. The minimum absolute atomic E-state index is 0.0401. The van der Waals surface area contributed by atoms with Crippen LogP contribution in [0.25, 0.3) is 10.9 Å². The summed E-state index contributed by atoms with van der Waals surface area (Å²) in [6.07, 6.45) is 0. The maximum Gasteiger partial charge on any atom is 0.352 e. The number of benzene rings is 2. The monoisotopic (exact) mass is 419 g/mol. The van der Waals surface area contributed by atoms with Gasteiger partial charge in [0, 0.05) is 37.3 Å². The van der Waals surface area contributed by atoms with Gasteiger partial charge in [0.05, 0.1) is 5.52 Å². The molecule has 1 aliphatic rings. The van der Waals surface area contributed by atoms with E-state index in [1.807, 2.05) is 30.9 Å². The number of carboxylic acids is 1. The van der Waals surface area contributed by atoms with Crippen LogP contribution in [-0.2, 0) is 11.3 Å². The molecule has 0 saturated carbocycles. The second kappa shape index (κ2) is 8.10. The topological polar surface area (TPSA) is 65.8 Å². The summed E-state index contributed by atoms with van der Waals surface area (Å²) in [4.78, 5) is 29.2. The van der Waals surface area contributed by atoms with Crippen molar-refractivity contribution in [2.75, 3.05) is 31.1 Å². The molecule has 0 bridgehead atoms. The fraction of sp³-hybridized carbons (Fsp3) is 0.360. The average Bonchev–Trinajstić information content (AvgIpc) is 3.07. The van der Waals surface area contributed by atoms with E-state index in [4.69, 9.17) is 0 Å². The maximum absolute atomic E-state index is 13.1. The molecule has 2 heterocycles. The highest BCUT2D eigenvalue weighted by Gasteiger charge is 2.25. The van der Waals surface area contributed by atoms with Gasteiger partial charge in [0.2, 0.25) is 5.91 Å². The number of aromatic nitrogens is 1. The van der Waals surface area contributed by atoms with Crippen molar-refractivity contribution < 1.29 is 14.7 Å². The molecule has 0 atom stereocenters. The van der Waals surface area contributed by atoms with E-state index < -0.39 is 5.97 Å². The van der Waals surface area contributed by atoms with Crippen molar-refractivity contribution in [1.29, 1.82) is 0 Å². The molecule has 2 aromatic carbocycles. The summed E-state index contributed by atoms with van der Waals surface area (Å²) in [5.41, 5.74) is 6.79. The zero-order chi connectivity index (χ0) is 22.3. The Morgan fingerprint density at radius 3 is 2.16 bits per heavy atom. The summed E-state index contributed by atoms with van der Waals surface area (Å²) < 4.78 is 1.66. The van der Waals surface area contributed by atoms with E-state index in [1.54, 1.807) is 10.6 Å². The summed E-state index contributed by atoms with van der Waals surface area (Å²) in [7, 11) is 0. The molecule has 1 fully saturated rings. The minimum Gasteiger partial charge on any atom is -0.477 e. The van der Waals surface area contributed by atoms with Crippen LogP contribution in [0.1, 0.15) is 32.7 Å². The molecule has 0 unspecified atom stereocenters. The van der Waals surface area contributed by atoms with Crippen molar-refractivity contribution in [3.05, 3.63) is 64.3 Å². The Labute approximate surface area is 182 Å². The Balaban J connectivity index is 1.54. The number of amides is 1. The van der Waals surface area contributed by atoms with Crippen LogP contribution in [0.15, 0.2) is 36.4 Å². The van der Waals surface area contributed by atoms with E-state index >= 15 is 0 Å². The zero-order valence-corrected chi connectivity index (χ0v) is 18.6. The van der Waals surface area contributed by atoms with Crippen molar-refractivity contribution in [2.45, 2.75) is 34.2 Å². The number of fused-ring (bicyclic) bond motifs is 1. The quantitative estimate of drug-likeness (QED) is 0.696. The molecule has 162 valence electrons. The van der Waals surface area contributed by atoms with E-state index in [9.17, 15) is 14.7 Å². The second-order valence-corrected chi connectivity index (χ2v) is 8.55. The van der Waals surface area contributed by atoms with Crippen molar-refractivity contribution in [2.24, 2.45) is 0 Å². The number of aromatic carboxylic acids is 1. The fourth-order valence-corrected chi connectivity index (χ4v) is 4.88. The Bertz CT molecular complexity index is 1150. The highest BCUT2D eigenvalue weighted by Crippen LogP contribution is 2.27. The average molecular weight is 420 g/mol. The first-order valence-corrected chi connectivity index (χ1v) is 10.7. The van der Waals surface area contributed by atoms with Crippen LogP contribution in [0.2, 0.25) is 0 Å². The number of nitrogens with zero attached hydrogens (tertiary/aromatic N) is 3. The van der Waals surface area contributed by atoms with Crippen LogP contribution in [0.5, 0.6) is 0 Å². The Morgan fingerprint density at radius 1 is 0.903 bits per heavy atom. The van der Waals surface area contributed by atoms with Gasteiger partial charge in [-0.25, -0.2) is 4.79 Å². The molecule has 1 aromatic heterocycles. The number of carbonyl (C=O) groups excluding carboxylic acids is 1. The van der Waals surface area contributed by atoms with Crippen LogP contribution in [-0.4, -0.2) is 52.6 Å². The largest absolute Gasteiger partial charge is 0.477 e. The summed E-state index contributed by atoms with van der Waals surface area (Å²) in [5.74, 6) is -1.05. The molecule has 31 heavy (non-hydrogen) atoms. The van der Waals surface area contributed by atoms with Gasteiger partial charge in [0.1, 0.15) is 12.2 Å². The zero-order valence-electron chi connectivity index (χ0n) is 18.6. The maximum atomic E-state index is 13.1. The number of hydrogen-bond acceptors (Lipinski definition) is 3. The lowest BCUT2D eigenvalue weighted by Crippen LogP contribution is -2.50. The van der Waals surface area contributed by atoms with E-state index in [2.05, 4.69) is 36.9 Å². The van der Waals surface area contributed by atoms with Crippen LogP contribution in [0.4, 0.5) is 5.69 Å². The first-order chi connectivity index (χ1) is 14.8. The van der Waals surface area contributed by atoms with Gasteiger partial charge in [-0.1, -0.05) is 29.8 Å². The highest BCUT2D eigenvalue weighted by atomic mass is 16.4. The number of para-hydroxylation sites is 1. The molecule has 1 aliphatic heterocycles. The summed E-state index contributed by atoms with van der Waals surface area (Å²) in [6, 6.07) is 12.0. The highest BCUT2D eigenvalue weighted by molar-refractivity contribution is 5.97. The molecular formula is C25H29N3O3. The number of rotatable bonds is 4. The molecule has 4 rings (SSSR count). The molecule has 0 aliphatic carbocycles. The van der Waals surface area contributed by atoms with E-state index in [0.29, 0.717) is 13.1 Å². The predicted molar refractivity (Wildman–Crippen MR) is 123 cm³/mol. The molecular weight excluding hydrogens is 390 g/mol. The van der Waals surface area contributed by atoms with Gasteiger partial charge in [-0.15, -0.1) is 0 Å². The molecule has 3 aromatic rings. The Kier molecular flexibility index (Phi) is 5.48. The lowest BCUT2D eigenvalue weighted by Gasteiger charge is -2.37. The number of piperazine rings is 1. The predicted octanol–water partition coefficient (Wildman–Crippen LogP) is 3.92. The van der Waals surface area contributed by atoms with Gasteiger partial charge in [-0.2, -0.15) is 0 Å². The van der Waals surface area contributed by atoms with E-state index in [-0.39, 0.29) is 18.1 Å². The molecule has 1 N–H and O–H groups in total. The second-order valence-electron chi connectivity index (χ2n) is 8.55. The number of carboxylic acid groups (broad SMARTS) is 1. The van der Waals surface area contributed by atoms with Crippen molar-refractivity contribution in [3.63, 3.8) is 0 Å². The first-order valence-electron chi connectivity index (χ1n) is 10.7. The van der Waals surface area contributed by atoms with Crippen molar-refractivity contribution in [3.8, 4) is 0 Å². The summed E-state index contributed by atoms with van der Waals surface area (Å²) >= 11 is 0. The Morgan fingerprint density at radius 2 is 1.55 bits per heavy atom. The number of carbonyl (C=O) groups is 2. The number of hydrogen-bond donors (Lipinski definition) is 1. The lowest BCUT2D eigenvalue weighted by molar-refractivity contribution is -0.132. The van der Waals surface area contributed by atoms with Gasteiger partial charge in [-0.3, -0.25) is 4.79 Å². The van der Waals surface area contributed by atoms with E-state index in [0.717, 1.165) is 35.1 Å². The lowest BCUT2D eigenvalue weighted by atomic mass is 10.1. The van der Waals surface area contributed by atoms with Gasteiger partial charge >= 0.3 is 5.97 Å². The van der Waals surface area contributed by atoms with Gasteiger partial charge in [0.15, 0.2) is 0 Å². The Hall–Kier alpha value is -3.28. The molecule has 6 nitrogen and oxygen atoms in total. The summed E-state index contributed by atoms with van der Waals surface area (Å²) in [5, 5.41) is 10.6. The van der Waals surface area contributed by atoms with Crippen LogP contribution in [0.3, 0.4) is 0 Å². The van der Waals surface area contributed by atoms with Crippen LogP contribution < -0.4 is 4.90 Å². The fourth-order valence-electron chi connectivity index (χ4n) is 4.88. The van der Waals surface area contributed by atoms with Crippen molar-refractivity contribution in [1.82, 2.24) is 9.47 Å². The van der Waals surface area contributed by atoms with Gasteiger partial charge in [0.25, 0.3) is 0 Å². The number of aryl methyl sites for hydroxylation is 4.